The molecule has 1 aliphatic rings. The number of hydrogen-bond donors (Lipinski definition) is 1. The molecule has 0 saturated heterocycles. The Morgan fingerprint density at radius 1 is 1.50 bits per heavy atom. The van der Waals surface area contributed by atoms with Crippen LogP contribution in [0.4, 0.5) is 0 Å². The Morgan fingerprint density at radius 3 is 2.64 bits per heavy atom. The van der Waals surface area contributed by atoms with E-state index in [1.165, 1.54) is 19.3 Å². The van der Waals surface area contributed by atoms with E-state index in [4.69, 9.17) is 5.11 Å². The molecule has 2 unspecified atom stereocenters. The maximum absolute atomic E-state index is 10.5. The van der Waals surface area contributed by atoms with Crippen LogP contribution in [0.25, 0.3) is 0 Å². The molecule has 3 nitrogen and oxygen atoms in total. The summed E-state index contributed by atoms with van der Waals surface area (Å²) in [5, 5.41) is 8.64. The number of rotatable bonds is 5. The summed E-state index contributed by atoms with van der Waals surface area (Å²) in [5.41, 5.74) is 0. The third-order valence-corrected chi connectivity index (χ3v) is 3.30. The van der Waals surface area contributed by atoms with Crippen molar-refractivity contribution in [3.05, 3.63) is 0 Å². The number of carboxylic acids is 1. The van der Waals surface area contributed by atoms with E-state index >= 15 is 0 Å². The summed E-state index contributed by atoms with van der Waals surface area (Å²) < 4.78 is 0. The van der Waals surface area contributed by atoms with Crippen LogP contribution in [0.5, 0.6) is 0 Å². The standard InChI is InChI=1S/C11H21NO2/c1-3-12(8-7-11(13)14)10-6-4-5-9(10)2/h9-10H,3-8H2,1-2H3,(H,13,14). The Labute approximate surface area is 86.1 Å². The second-order valence-corrected chi connectivity index (χ2v) is 4.25. The van der Waals surface area contributed by atoms with Crippen molar-refractivity contribution in [2.45, 2.75) is 45.6 Å². The van der Waals surface area contributed by atoms with Crippen LogP contribution in [-0.4, -0.2) is 35.1 Å². The predicted octanol–water partition coefficient (Wildman–Crippen LogP) is 1.97. The predicted molar refractivity (Wildman–Crippen MR) is 56.3 cm³/mol. The number of carboxylic acid groups (broad SMARTS) is 1. The number of aliphatic carboxylic acids is 1. The molecule has 0 amide bonds. The van der Waals surface area contributed by atoms with Gasteiger partial charge in [0.1, 0.15) is 0 Å². The van der Waals surface area contributed by atoms with Gasteiger partial charge in [0.05, 0.1) is 6.42 Å². The molecule has 0 aromatic rings. The van der Waals surface area contributed by atoms with Gasteiger partial charge in [0.2, 0.25) is 0 Å². The molecule has 1 saturated carbocycles. The van der Waals surface area contributed by atoms with Gasteiger partial charge in [-0.05, 0) is 25.3 Å². The summed E-state index contributed by atoms with van der Waals surface area (Å²) in [6.07, 6.45) is 4.12. The van der Waals surface area contributed by atoms with E-state index in [1.54, 1.807) is 0 Å². The first kappa shape index (κ1) is 11.5. The molecular weight excluding hydrogens is 178 g/mol. The van der Waals surface area contributed by atoms with E-state index < -0.39 is 5.97 Å². The average Bonchev–Trinajstić information content (AvgIpc) is 2.53. The first-order valence-corrected chi connectivity index (χ1v) is 5.61. The largest absolute Gasteiger partial charge is 0.481 e. The Kier molecular flexibility index (Phi) is 4.39. The fraction of sp³-hybridized carbons (Fsp3) is 0.909. The highest BCUT2D eigenvalue weighted by atomic mass is 16.4. The lowest BCUT2D eigenvalue weighted by molar-refractivity contribution is -0.137. The molecule has 14 heavy (non-hydrogen) atoms. The van der Waals surface area contributed by atoms with E-state index in [1.807, 2.05) is 0 Å². The molecular formula is C11H21NO2. The number of carbonyl (C=O) groups is 1. The Bertz CT molecular complexity index is 194. The molecule has 1 N–H and O–H groups in total. The van der Waals surface area contributed by atoms with Crippen molar-refractivity contribution >= 4 is 5.97 Å². The normalized spacial score (nSPS) is 27.1. The molecule has 0 aromatic heterocycles. The van der Waals surface area contributed by atoms with Crippen molar-refractivity contribution in [2.24, 2.45) is 5.92 Å². The highest BCUT2D eigenvalue weighted by molar-refractivity contribution is 5.66. The van der Waals surface area contributed by atoms with Gasteiger partial charge in [-0.1, -0.05) is 20.3 Å². The lowest BCUT2D eigenvalue weighted by Gasteiger charge is -2.30. The molecule has 2 atom stereocenters. The van der Waals surface area contributed by atoms with Gasteiger partial charge in [-0.3, -0.25) is 9.69 Å². The van der Waals surface area contributed by atoms with Crippen molar-refractivity contribution in [3.8, 4) is 0 Å². The van der Waals surface area contributed by atoms with E-state index in [-0.39, 0.29) is 6.42 Å². The minimum absolute atomic E-state index is 0.275. The molecule has 1 fully saturated rings. The van der Waals surface area contributed by atoms with Crippen LogP contribution < -0.4 is 0 Å². The summed E-state index contributed by atoms with van der Waals surface area (Å²) in [7, 11) is 0. The van der Waals surface area contributed by atoms with Crippen molar-refractivity contribution in [2.75, 3.05) is 13.1 Å². The zero-order chi connectivity index (χ0) is 10.6. The van der Waals surface area contributed by atoms with Crippen LogP contribution in [0.3, 0.4) is 0 Å². The average molecular weight is 199 g/mol. The van der Waals surface area contributed by atoms with Crippen molar-refractivity contribution in [1.82, 2.24) is 4.90 Å². The van der Waals surface area contributed by atoms with Gasteiger partial charge in [-0.25, -0.2) is 0 Å². The maximum Gasteiger partial charge on any atom is 0.304 e. The molecule has 0 heterocycles. The van der Waals surface area contributed by atoms with Crippen molar-refractivity contribution in [1.29, 1.82) is 0 Å². The molecule has 0 aromatic carbocycles. The van der Waals surface area contributed by atoms with Gasteiger partial charge in [0, 0.05) is 12.6 Å². The van der Waals surface area contributed by atoms with Crippen LogP contribution in [-0.2, 0) is 4.79 Å². The van der Waals surface area contributed by atoms with E-state index in [0.717, 1.165) is 12.5 Å². The Hall–Kier alpha value is -0.570. The summed E-state index contributed by atoms with van der Waals surface area (Å²) in [5.74, 6) is 0.0536. The van der Waals surface area contributed by atoms with Gasteiger partial charge in [-0.15, -0.1) is 0 Å². The van der Waals surface area contributed by atoms with Gasteiger partial charge >= 0.3 is 5.97 Å². The fourth-order valence-electron chi connectivity index (χ4n) is 2.47. The van der Waals surface area contributed by atoms with Gasteiger partial charge in [0.25, 0.3) is 0 Å². The topological polar surface area (TPSA) is 40.5 Å². The summed E-state index contributed by atoms with van der Waals surface area (Å²) in [4.78, 5) is 12.8. The lowest BCUT2D eigenvalue weighted by atomic mass is 10.0. The minimum atomic E-state index is -0.686. The smallest absolute Gasteiger partial charge is 0.304 e. The quantitative estimate of drug-likeness (QED) is 0.736. The first-order chi connectivity index (χ1) is 6.65. The van der Waals surface area contributed by atoms with E-state index in [0.29, 0.717) is 12.6 Å². The van der Waals surface area contributed by atoms with Crippen LogP contribution in [0, 0.1) is 5.92 Å². The molecule has 82 valence electrons. The maximum atomic E-state index is 10.5. The Balaban J connectivity index is 2.40. The molecule has 3 heteroatoms. The molecule has 1 rings (SSSR count). The zero-order valence-corrected chi connectivity index (χ0v) is 9.20. The zero-order valence-electron chi connectivity index (χ0n) is 9.20. The van der Waals surface area contributed by atoms with Gasteiger partial charge in [-0.2, -0.15) is 0 Å². The van der Waals surface area contributed by atoms with Crippen molar-refractivity contribution < 1.29 is 9.90 Å². The third-order valence-electron chi connectivity index (χ3n) is 3.30. The van der Waals surface area contributed by atoms with Crippen LogP contribution in [0.1, 0.15) is 39.5 Å². The second kappa shape index (κ2) is 5.35. The van der Waals surface area contributed by atoms with Crippen molar-refractivity contribution in [3.63, 3.8) is 0 Å². The third kappa shape index (κ3) is 2.98. The second-order valence-electron chi connectivity index (χ2n) is 4.25. The SMILES string of the molecule is CCN(CCC(=O)O)C1CCCC1C. The monoisotopic (exact) mass is 199 g/mol. The summed E-state index contributed by atoms with van der Waals surface area (Å²) in [6, 6.07) is 0.624. The molecule has 0 aliphatic heterocycles. The highest BCUT2D eigenvalue weighted by Gasteiger charge is 2.27. The molecule has 0 spiro atoms. The number of hydrogen-bond acceptors (Lipinski definition) is 2. The van der Waals surface area contributed by atoms with Crippen LogP contribution >= 0.6 is 0 Å². The fourth-order valence-corrected chi connectivity index (χ4v) is 2.47. The lowest BCUT2D eigenvalue weighted by Crippen LogP contribution is -2.38. The van der Waals surface area contributed by atoms with Gasteiger partial charge in [0.15, 0.2) is 0 Å². The summed E-state index contributed by atoms with van der Waals surface area (Å²) in [6.45, 7) is 6.08. The van der Waals surface area contributed by atoms with Gasteiger partial charge < -0.3 is 5.11 Å². The minimum Gasteiger partial charge on any atom is -0.481 e. The highest BCUT2D eigenvalue weighted by Crippen LogP contribution is 2.29. The van der Waals surface area contributed by atoms with E-state index in [2.05, 4.69) is 18.7 Å². The van der Waals surface area contributed by atoms with E-state index in [9.17, 15) is 4.79 Å². The molecule has 0 bridgehead atoms. The molecule has 0 radical (unpaired) electrons. The van der Waals surface area contributed by atoms with Crippen LogP contribution in [0.15, 0.2) is 0 Å². The first-order valence-electron chi connectivity index (χ1n) is 5.61. The Morgan fingerprint density at radius 2 is 2.21 bits per heavy atom. The number of nitrogens with zero attached hydrogens (tertiary/aromatic N) is 1. The summed E-state index contributed by atoms with van der Waals surface area (Å²) >= 11 is 0. The van der Waals surface area contributed by atoms with Crippen LogP contribution in [0.2, 0.25) is 0 Å². The molecule has 1 aliphatic carbocycles.